The molecule has 150 valence electrons. The van der Waals surface area contributed by atoms with Gasteiger partial charge in [-0.3, -0.25) is 13.8 Å². The molecule has 1 aliphatic rings. The van der Waals surface area contributed by atoms with E-state index < -0.39 is 0 Å². The zero-order chi connectivity index (χ0) is 19.7. The van der Waals surface area contributed by atoms with Crippen LogP contribution in [0.5, 0.6) is 0 Å². The van der Waals surface area contributed by atoms with Crippen LogP contribution in [0.15, 0.2) is 22.6 Å². The number of likely N-dealkylation sites (N-methyl/N-ethyl adjacent to an activating group) is 1. The molecule has 0 saturated heterocycles. The molecule has 1 unspecified atom stereocenters. The Morgan fingerprint density at radius 3 is 3.04 bits per heavy atom. The van der Waals surface area contributed by atoms with E-state index in [-0.39, 0.29) is 24.1 Å². The average Bonchev–Trinajstić information content (AvgIpc) is 3.25. The predicted molar refractivity (Wildman–Crippen MR) is 107 cm³/mol. The SMILES string of the molecule is CN(C)CCn1nc2n(c1=O)CCC(NC(=O)Cc1cn3ccsc3n1)CC2. The topological polar surface area (TPSA) is 89.5 Å². The van der Waals surface area contributed by atoms with E-state index in [4.69, 9.17) is 0 Å². The van der Waals surface area contributed by atoms with Crippen molar-refractivity contribution < 1.29 is 4.79 Å². The molecular formula is C18H25N7O2S. The summed E-state index contributed by atoms with van der Waals surface area (Å²) < 4.78 is 5.24. The molecule has 0 aromatic carbocycles. The summed E-state index contributed by atoms with van der Waals surface area (Å²) in [5.74, 6) is 0.786. The zero-order valence-corrected chi connectivity index (χ0v) is 17.0. The monoisotopic (exact) mass is 403 g/mol. The van der Waals surface area contributed by atoms with Crippen LogP contribution in [-0.4, -0.2) is 61.2 Å². The smallest absolute Gasteiger partial charge is 0.345 e. The van der Waals surface area contributed by atoms with Crippen LogP contribution in [0.2, 0.25) is 0 Å². The number of nitrogens with one attached hydrogen (secondary N) is 1. The Bertz CT molecular complexity index is 1000. The standard InChI is InChI=1S/C18H25N7O2S/c1-22(2)7-8-25-18(27)24-6-5-13(3-4-15(24)21-25)19-16(26)11-14-12-23-9-10-28-17(23)20-14/h9-10,12-13H,3-8,11H2,1-2H3,(H,19,26). The highest BCUT2D eigenvalue weighted by molar-refractivity contribution is 7.15. The Morgan fingerprint density at radius 1 is 1.39 bits per heavy atom. The normalized spacial score (nSPS) is 17.0. The van der Waals surface area contributed by atoms with Crippen LogP contribution in [0.4, 0.5) is 0 Å². The van der Waals surface area contributed by atoms with Gasteiger partial charge >= 0.3 is 5.69 Å². The van der Waals surface area contributed by atoms with Crippen molar-refractivity contribution in [1.82, 2.24) is 33.9 Å². The van der Waals surface area contributed by atoms with Gasteiger partial charge in [-0.15, -0.1) is 11.3 Å². The lowest BCUT2D eigenvalue weighted by molar-refractivity contribution is -0.121. The van der Waals surface area contributed by atoms with E-state index in [9.17, 15) is 9.59 Å². The summed E-state index contributed by atoms with van der Waals surface area (Å²) in [5.41, 5.74) is 0.719. The first-order valence-electron chi connectivity index (χ1n) is 9.51. The second-order valence-corrected chi connectivity index (χ2v) is 8.34. The number of nitrogens with zero attached hydrogens (tertiary/aromatic N) is 6. The minimum Gasteiger partial charge on any atom is -0.353 e. The number of hydrogen-bond donors (Lipinski definition) is 1. The van der Waals surface area contributed by atoms with Crippen molar-refractivity contribution in [2.75, 3.05) is 20.6 Å². The Labute approximate surface area is 166 Å². The summed E-state index contributed by atoms with van der Waals surface area (Å²) in [6, 6.07) is 0.0487. The summed E-state index contributed by atoms with van der Waals surface area (Å²) in [6.07, 6.45) is 6.31. The number of carbonyl (C=O) groups is 1. The second-order valence-electron chi connectivity index (χ2n) is 7.47. The maximum Gasteiger partial charge on any atom is 0.345 e. The number of amides is 1. The van der Waals surface area contributed by atoms with Crippen molar-refractivity contribution in [3.8, 4) is 0 Å². The fourth-order valence-corrected chi connectivity index (χ4v) is 4.24. The molecule has 0 aliphatic carbocycles. The molecule has 1 N–H and O–H groups in total. The fourth-order valence-electron chi connectivity index (χ4n) is 3.52. The highest BCUT2D eigenvalue weighted by Gasteiger charge is 2.22. The summed E-state index contributed by atoms with van der Waals surface area (Å²) in [7, 11) is 3.96. The fraction of sp³-hybridized carbons (Fsp3) is 0.556. The lowest BCUT2D eigenvalue weighted by atomic mass is 10.1. The van der Waals surface area contributed by atoms with E-state index in [1.165, 1.54) is 0 Å². The maximum atomic E-state index is 12.6. The molecule has 4 heterocycles. The third-order valence-corrected chi connectivity index (χ3v) is 5.80. The van der Waals surface area contributed by atoms with Crippen molar-refractivity contribution in [2.24, 2.45) is 0 Å². The van der Waals surface area contributed by atoms with Crippen molar-refractivity contribution in [3.05, 3.63) is 39.8 Å². The van der Waals surface area contributed by atoms with Crippen LogP contribution in [0.25, 0.3) is 4.96 Å². The van der Waals surface area contributed by atoms with Crippen LogP contribution < -0.4 is 11.0 Å². The lowest BCUT2D eigenvalue weighted by Crippen LogP contribution is -2.37. The second kappa shape index (κ2) is 7.88. The quantitative estimate of drug-likeness (QED) is 0.643. The lowest BCUT2D eigenvalue weighted by Gasteiger charge is -2.15. The van der Waals surface area contributed by atoms with Crippen molar-refractivity contribution >= 4 is 22.2 Å². The first kappa shape index (κ1) is 18.9. The van der Waals surface area contributed by atoms with Gasteiger partial charge in [-0.2, -0.15) is 5.10 Å². The van der Waals surface area contributed by atoms with E-state index >= 15 is 0 Å². The molecule has 1 amide bonds. The van der Waals surface area contributed by atoms with Crippen LogP contribution in [0, 0.1) is 0 Å². The van der Waals surface area contributed by atoms with Gasteiger partial charge in [0.05, 0.1) is 18.7 Å². The Kier molecular flexibility index (Phi) is 5.31. The molecule has 0 bridgehead atoms. The number of rotatable bonds is 6. The van der Waals surface area contributed by atoms with E-state index in [1.807, 2.05) is 41.2 Å². The first-order valence-corrected chi connectivity index (χ1v) is 10.4. The molecule has 1 aliphatic heterocycles. The highest BCUT2D eigenvalue weighted by Crippen LogP contribution is 2.14. The summed E-state index contributed by atoms with van der Waals surface area (Å²) in [4.78, 5) is 32.4. The van der Waals surface area contributed by atoms with Gasteiger partial charge in [0.2, 0.25) is 5.91 Å². The third-order valence-electron chi connectivity index (χ3n) is 5.03. The number of imidazole rings is 1. The minimum absolute atomic E-state index is 0.0290. The van der Waals surface area contributed by atoms with Crippen LogP contribution in [0.1, 0.15) is 24.4 Å². The summed E-state index contributed by atoms with van der Waals surface area (Å²) in [5, 5.41) is 9.57. The van der Waals surface area contributed by atoms with Gasteiger partial charge in [0.1, 0.15) is 5.82 Å². The van der Waals surface area contributed by atoms with Gasteiger partial charge in [-0.1, -0.05) is 0 Å². The largest absolute Gasteiger partial charge is 0.353 e. The first-order chi connectivity index (χ1) is 13.5. The molecular weight excluding hydrogens is 378 g/mol. The Morgan fingerprint density at radius 2 is 2.25 bits per heavy atom. The van der Waals surface area contributed by atoms with E-state index in [0.29, 0.717) is 19.5 Å². The molecule has 3 aromatic heterocycles. The number of aryl methyl sites for hydroxylation is 1. The van der Waals surface area contributed by atoms with E-state index in [2.05, 4.69) is 15.4 Å². The Hall–Kier alpha value is -2.46. The van der Waals surface area contributed by atoms with Gasteiger partial charge in [0.15, 0.2) is 4.96 Å². The van der Waals surface area contributed by atoms with Gasteiger partial charge < -0.3 is 10.2 Å². The highest BCUT2D eigenvalue weighted by atomic mass is 32.1. The van der Waals surface area contributed by atoms with Gasteiger partial charge in [0, 0.05) is 43.3 Å². The minimum atomic E-state index is -0.0538. The summed E-state index contributed by atoms with van der Waals surface area (Å²) >= 11 is 1.55. The van der Waals surface area contributed by atoms with E-state index in [1.54, 1.807) is 20.6 Å². The molecule has 0 spiro atoms. The molecule has 0 saturated carbocycles. The Balaban J connectivity index is 1.34. The molecule has 3 aromatic rings. The average molecular weight is 404 g/mol. The number of thiazole rings is 1. The van der Waals surface area contributed by atoms with Gasteiger partial charge in [-0.25, -0.2) is 14.5 Å². The van der Waals surface area contributed by atoms with Gasteiger partial charge in [-0.05, 0) is 26.9 Å². The number of carbonyl (C=O) groups excluding carboxylic acids is 1. The molecule has 0 fully saturated rings. The van der Waals surface area contributed by atoms with Crippen LogP contribution in [-0.2, 0) is 30.7 Å². The van der Waals surface area contributed by atoms with Gasteiger partial charge in [0.25, 0.3) is 0 Å². The molecule has 4 rings (SSSR count). The zero-order valence-electron chi connectivity index (χ0n) is 16.2. The molecule has 1 atom stereocenters. The molecule has 10 heteroatoms. The van der Waals surface area contributed by atoms with Crippen molar-refractivity contribution in [2.45, 2.75) is 44.8 Å². The summed E-state index contributed by atoms with van der Waals surface area (Å²) in [6.45, 7) is 1.95. The van der Waals surface area contributed by atoms with Crippen LogP contribution >= 0.6 is 11.3 Å². The maximum absolute atomic E-state index is 12.6. The van der Waals surface area contributed by atoms with Crippen molar-refractivity contribution in [1.29, 1.82) is 0 Å². The number of fused-ring (bicyclic) bond motifs is 2. The van der Waals surface area contributed by atoms with E-state index in [0.717, 1.165) is 35.9 Å². The van der Waals surface area contributed by atoms with Crippen molar-refractivity contribution in [3.63, 3.8) is 0 Å². The molecule has 28 heavy (non-hydrogen) atoms. The predicted octanol–water partition coefficient (Wildman–Crippen LogP) is 0.379. The molecule has 9 nitrogen and oxygen atoms in total. The number of aromatic nitrogens is 5. The van der Waals surface area contributed by atoms with Crippen LogP contribution in [0.3, 0.4) is 0 Å². The molecule has 0 radical (unpaired) electrons. The number of hydrogen-bond acceptors (Lipinski definition) is 6. The third kappa shape index (κ3) is 4.02.